The molecule has 0 radical (unpaired) electrons. The Kier molecular flexibility index (Phi) is 6.92. The first-order valence-electron chi connectivity index (χ1n) is 12.9. The average Bonchev–Trinajstić information content (AvgIpc) is 3.54. The molecule has 2 aromatic carbocycles. The van der Waals surface area contributed by atoms with E-state index >= 15 is 0 Å². The quantitative estimate of drug-likeness (QED) is 0.473. The number of Topliss-reactive ketones (excluding diaryl/α,β-unsaturated/α-hetero) is 1. The van der Waals surface area contributed by atoms with Crippen molar-refractivity contribution in [1.29, 1.82) is 0 Å². The monoisotopic (exact) mass is 486 g/mol. The second kappa shape index (κ2) is 10.3. The van der Waals surface area contributed by atoms with Gasteiger partial charge < -0.3 is 21.4 Å². The number of nitrogens with one attached hydrogen (secondary N) is 1. The smallest absolute Gasteiger partial charge is 0.265 e. The number of carbonyl (C=O) groups is 3. The lowest BCUT2D eigenvalue weighted by molar-refractivity contribution is -0.142. The van der Waals surface area contributed by atoms with Gasteiger partial charge in [0.25, 0.3) is 5.91 Å². The highest BCUT2D eigenvalue weighted by molar-refractivity contribution is 5.98. The molecule has 2 fully saturated rings. The van der Waals surface area contributed by atoms with Gasteiger partial charge in [-0.05, 0) is 73.9 Å². The summed E-state index contributed by atoms with van der Waals surface area (Å²) in [6, 6.07) is 17.0. The molecule has 188 valence electrons. The van der Waals surface area contributed by atoms with Gasteiger partial charge in [-0.15, -0.1) is 0 Å². The number of nitrogens with zero attached hydrogens (tertiary/aromatic N) is 1. The van der Waals surface area contributed by atoms with Gasteiger partial charge in [0.05, 0.1) is 6.04 Å². The zero-order chi connectivity index (χ0) is 25.2. The zero-order valence-electron chi connectivity index (χ0n) is 20.5. The first-order valence-corrected chi connectivity index (χ1v) is 12.9. The lowest BCUT2D eigenvalue weighted by Gasteiger charge is -2.33. The van der Waals surface area contributed by atoms with Gasteiger partial charge in [0.2, 0.25) is 5.91 Å². The number of primary amides is 1. The van der Waals surface area contributed by atoms with Crippen LogP contribution in [-0.4, -0.2) is 46.6 Å². The van der Waals surface area contributed by atoms with Crippen LogP contribution in [-0.2, 0) is 16.0 Å². The van der Waals surface area contributed by atoms with Gasteiger partial charge in [0.1, 0.15) is 5.69 Å². The van der Waals surface area contributed by atoms with E-state index < -0.39 is 11.9 Å². The van der Waals surface area contributed by atoms with Crippen molar-refractivity contribution in [2.24, 2.45) is 23.3 Å². The van der Waals surface area contributed by atoms with E-state index in [1.54, 1.807) is 6.07 Å². The molecule has 1 aromatic heterocycles. The predicted octanol–water partition coefficient (Wildman–Crippen LogP) is 3.53. The summed E-state index contributed by atoms with van der Waals surface area (Å²) in [7, 11) is 0. The Morgan fingerprint density at radius 1 is 0.944 bits per heavy atom. The Morgan fingerprint density at radius 2 is 1.69 bits per heavy atom. The van der Waals surface area contributed by atoms with Crippen molar-refractivity contribution < 1.29 is 14.4 Å². The van der Waals surface area contributed by atoms with E-state index in [1.165, 1.54) is 0 Å². The first-order chi connectivity index (χ1) is 17.4. The second-order valence-electron chi connectivity index (χ2n) is 10.3. The first kappa shape index (κ1) is 24.3. The largest absolute Gasteiger partial charge is 0.364 e. The third kappa shape index (κ3) is 4.80. The molecule has 5 rings (SSSR count). The Labute approximate surface area is 211 Å². The van der Waals surface area contributed by atoms with Gasteiger partial charge in [-0.1, -0.05) is 36.4 Å². The zero-order valence-corrected chi connectivity index (χ0v) is 20.5. The number of rotatable bonds is 7. The lowest BCUT2D eigenvalue weighted by atomic mass is 9.81. The molecule has 1 saturated heterocycles. The maximum absolute atomic E-state index is 13.9. The maximum Gasteiger partial charge on any atom is 0.265 e. The highest BCUT2D eigenvalue weighted by Gasteiger charge is 2.44. The van der Waals surface area contributed by atoms with Crippen LogP contribution in [0.15, 0.2) is 54.6 Å². The van der Waals surface area contributed by atoms with Crippen LogP contribution in [0, 0.1) is 11.8 Å². The molecule has 5 N–H and O–H groups in total. The number of H-pyrrole nitrogens is 1. The molecule has 2 aliphatic rings. The van der Waals surface area contributed by atoms with E-state index in [1.807, 2.05) is 41.3 Å². The van der Waals surface area contributed by atoms with E-state index in [9.17, 15) is 14.4 Å². The molecule has 2 heterocycles. The molecule has 0 bridgehead atoms. The molecule has 0 spiro atoms. The molecule has 2 unspecified atom stereocenters. The summed E-state index contributed by atoms with van der Waals surface area (Å²) >= 11 is 0. The van der Waals surface area contributed by atoms with Crippen molar-refractivity contribution in [3.63, 3.8) is 0 Å². The van der Waals surface area contributed by atoms with Crippen LogP contribution in [0.3, 0.4) is 0 Å². The normalized spacial score (nSPS) is 24.2. The number of likely N-dealkylation sites (tertiary alicyclic amines) is 1. The number of aromatic nitrogens is 1. The van der Waals surface area contributed by atoms with Crippen LogP contribution in [0.5, 0.6) is 0 Å². The molecule has 1 saturated carbocycles. The number of amides is 2. The van der Waals surface area contributed by atoms with Crippen LogP contribution >= 0.6 is 0 Å². The van der Waals surface area contributed by atoms with Gasteiger partial charge in [0.15, 0.2) is 5.78 Å². The number of hydrogen-bond donors (Lipinski definition) is 3. The van der Waals surface area contributed by atoms with Gasteiger partial charge in [-0.3, -0.25) is 14.4 Å². The molecule has 7 nitrogen and oxygen atoms in total. The van der Waals surface area contributed by atoms with E-state index in [0.29, 0.717) is 24.7 Å². The number of nitrogens with two attached hydrogens (primary N) is 2. The number of hydrogen-bond acceptors (Lipinski definition) is 4. The number of benzene rings is 2. The number of ketones is 1. The molecule has 2 amide bonds. The maximum atomic E-state index is 13.9. The highest BCUT2D eigenvalue weighted by atomic mass is 16.2. The Hall–Kier alpha value is -3.45. The molecule has 1 aliphatic heterocycles. The van der Waals surface area contributed by atoms with Crippen molar-refractivity contribution in [3.8, 4) is 0 Å². The third-order valence-corrected chi connectivity index (χ3v) is 8.10. The molecule has 7 heteroatoms. The van der Waals surface area contributed by atoms with E-state index in [4.69, 9.17) is 11.5 Å². The number of aromatic amines is 1. The van der Waals surface area contributed by atoms with Crippen molar-refractivity contribution in [3.05, 3.63) is 71.4 Å². The summed E-state index contributed by atoms with van der Waals surface area (Å²) in [5, 5.41) is 0.838. The van der Waals surface area contributed by atoms with Gasteiger partial charge in [-0.25, -0.2) is 0 Å². The summed E-state index contributed by atoms with van der Waals surface area (Å²) in [4.78, 5) is 43.9. The van der Waals surface area contributed by atoms with Crippen LogP contribution in [0.25, 0.3) is 10.9 Å². The predicted molar refractivity (Wildman–Crippen MR) is 139 cm³/mol. The van der Waals surface area contributed by atoms with Crippen LogP contribution in [0.1, 0.15) is 59.6 Å². The van der Waals surface area contributed by atoms with E-state index in [-0.39, 0.29) is 29.9 Å². The fraction of sp³-hybridized carbons (Fsp3) is 0.414. The Balaban J connectivity index is 1.39. The minimum atomic E-state index is -0.518. The highest BCUT2D eigenvalue weighted by Crippen LogP contribution is 2.38. The molecule has 2 atom stereocenters. The molecule has 36 heavy (non-hydrogen) atoms. The minimum absolute atomic E-state index is 0.0134. The molecular formula is C29H34N4O3. The topological polar surface area (TPSA) is 122 Å². The summed E-state index contributed by atoms with van der Waals surface area (Å²) in [5.41, 5.74) is 14.4. The van der Waals surface area contributed by atoms with Crippen LogP contribution in [0.2, 0.25) is 0 Å². The minimum Gasteiger partial charge on any atom is -0.364 e. The van der Waals surface area contributed by atoms with E-state index in [0.717, 1.165) is 54.1 Å². The van der Waals surface area contributed by atoms with Crippen molar-refractivity contribution in [1.82, 2.24) is 9.88 Å². The number of carbonyl (C=O) groups excluding carboxylic acids is 3. The standard InChI is InChI=1S/C29H34N4O3/c30-17-18-6-9-21(10-7-18)29(36)33-13-12-23(20-4-2-1-3-5-20)27(33)26(34)15-19-8-11-24-22(14-19)16-25(32-24)28(31)35/h1-5,8,11,14,16,18,21,23,27,32H,6-7,9-10,12-13,15,17,30H2,(H2,31,35). The van der Waals surface area contributed by atoms with Crippen molar-refractivity contribution >= 4 is 28.5 Å². The van der Waals surface area contributed by atoms with Crippen LogP contribution in [0.4, 0.5) is 0 Å². The van der Waals surface area contributed by atoms with Gasteiger partial charge >= 0.3 is 0 Å². The van der Waals surface area contributed by atoms with E-state index in [2.05, 4.69) is 17.1 Å². The third-order valence-electron chi connectivity index (χ3n) is 8.10. The van der Waals surface area contributed by atoms with Crippen molar-refractivity contribution in [2.75, 3.05) is 13.1 Å². The van der Waals surface area contributed by atoms with Gasteiger partial charge in [0, 0.05) is 35.7 Å². The van der Waals surface area contributed by atoms with Crippen molar-refractivity contribution in [2.45, 2.75) is 50.5 Å². The summed E-state index contributed by atoms with van der Waals surface area (Å²) in [6.07, 6.45) is 4.66. The summed E-state index contributed by atoms with van der Waals surface area (Å²) in [5.74, 6) is 0.113. The summed E-state index contributed by atoms with van der Waals surface area (Å²) < 4.78 is 0. The fourth-order valence-electron chi connectivity index (χ4n) is 6.10. The molecule has 1 aliphatic carbocycles. The second-order valence-corrected chi connectivity index (χ2v) is 10.3. The Bertz CT molecular complexity index is 1260. The number of fused-ring (bicyclic) bond motifs is 1. The van der Waals surface area contributed by atoms with Gasteiger partial charge in [-0.2, -0.15) is 0 Å². The van der Waals surface area contributed by atoms with Crippen LogP contribution < -0.4 is 11.5 Å². The molecule has 3 aromatic rings. The lowest BCUT2D eigenvalue weighted by Crippen LogP contribution is -2.46. The Morgan fingerprint density at radius 3 is 2.39 bits per heavy atom. The SMILES string of the molecule is NCC1CCC(C(=O)N2CCC(c3ccccc3)C2C(=O)Cc2ccc3[nH]c(C(N)=O)cc3c2)CC1. The fourth-order valence-corrected chi connectivity index (χ4v) is 6.10. The average molecular weight is 487 g/mol. The summed E-state index contributed by atoms with van der Waals surface area (Å²) in [6.45, 7) is 1.28. The molecular weight excluding hydrogens is 452 g/mol.